The number of sulfone groups is 1. The molecule has 6 nitrogen and oxygen atoms in total. The van der Waals surface area contributed by atoms with Crippen LogP contribution in [-0.2, 0) is 16.3 Å². The van der Waals surface area contributed by atoms with Crippen LogP contribution >= 0.6 is 0 Å². The zero-order valence-corrected chi connectivity index (χ0v) is 18.1. The van der Waals surface area contributed by atoms with Crippen LogP contribution in [-0.4, -0.2) is 65.3 Å². The lowest BCUT2D eigenvalue weighted by atomic mass is 10.1. The van der Waals surface area contributed by atoms with E-state index in [9.17, 15) is 8.42 Å². The molecular formula is C20H36N4O2S. The van der Waals surface area contributed by atoms with Gasteiger partial charge in [-0.2, -0.15) is 0 Å². The highest BCUT2D eigenvalue weighted by Crippen LogP contribution is 2.10. The quantitative estimate of drug-likeness (QED) is 0.322. The topological polar surface area (TPSA) is 73.8 Å². The molecule has 27 heavy (non-hydrogen) atoms. The molecule has 0 radical (unpaired) electrons. The van der Waals surface area contributed by atoms with E-state index in [2.05, 4.69) is 34.4 Å². The second kappa shape index (κ2) is 12.7. The fraction of sp³-hybridized carbons (Fsp3) is 0.650. The van der Waals surface area contributed by atoms with Gasteiger partial charge in [-0.1, -0.05) is 26.0 Å². The second-order valence-corrected chi connectivity index (χ2v) is 8.80. The highest BCUT2D eigenvalue weighted by molar-refractivity contribution is 7.90. The van der Waals surface area contributed by atoms with Crippen molar-refractivity contribution in [2.75, 3.05) is 46.0 Å². The van der Waals surface area contributed by atoms with E-state index in [1.54, 1.807) is 19.2 Å². The first-order valence-corrected chi connectivity index (χ1v) is 11.8. The van der Waals surface area contributed by atoms with Crippen LogP contribution < -0.4 is 10.6 Å². The lowest BCUT2D eigenvalue weighted by molar-refractivity contribution is 0.271. The predicted octanol–water partition coefficient (Wildman–Crippen LogP) is 2.31. The summed E-state index contributed by atoms with van der Waals surface area (Å²) in [4.78, 5) is 7.13. The number of guanidine groups is 1. The van der Waals surface area contributed by atoms with Crippen molar-refractivity contribution in [1.29, 1.82) is 0 Å². The van der Waals surface area contributed by atoms with Crippen molar-refractivity contribution in [3.8, 4) is 0 Å². The maximum atomic E-state index is 11.5. The minimum absolute atomic E-state index is 0.358. The van der Waals surface area contributed by atoms with Gasteiger partial charge in [0.15, 0.2) is 15.8 Å². The summed E-state index contributed by atoms with van der Waals surface area (Å²) in [6, 6.07) is 7.06. The molecular weight excluding hydrogens is 360 g/mol. The fourth-order valence-electron chi connectivity index (χ4n) is 2.93. The molecule has 2 N–H and O–H groups in total. The Morgan fingerprint density at radius 3 is 2.11 bits per heavy atom. The van der Waals surface area contributed by atoms with Gasteiger partial charge in [-0.15, -0.1) is 0 Å². The minimum atomic E-state index is -3.13. The Kier molecular flexibility index (Phi) is 11.0. The minimum Gasteiger partial charge on any atom is -0.356 e. The lowest BCUT2D eigenvalue weighted by Gasteiger charge is -2.21. The molecule has 0 aliphatic rings. The summed E-state index contributed by atoms with van der Waals surface area (Å²) in [5.41, 5.74) is 1.10. The molecule has 0 heterocycles. The molecule has 0 atom stereocenters. The summed E-state index contributed by atoms with van der Waals surface area (Å²) < 4.78 is 23.0. The number of nitrogens with one attached hydrogen (secondary N) is 2. The number of rotatable bonds is 12. The highest BCUT2D eigenvalue weighted by atomic mass is 32.2. The van der Waals surface area contributed by atoms with Crippen molar-refractivity contribution >= 4 is 15.8 Å². The fourth-order valence-corrected chi connectivity index (χ4v) is 3.56. The normalized spacial score (nSPS) is 12.4. The molecule has 0 unspecified atom stereocenters. The molecule has 0 spiro atoms. The first kappa shape index (κ1) is 23.4. The van der Waals surface area contributed by atoms with Crippen LogP contribution in [0.25, 0.3) is 0 Å². The van der Waals surface area contributed by atoms with Gasteiger partial charge in [-0.25, -0.2) is 8.42 Å². The zero-order chi connectivity index (χ0) is 20.1. The Balaban J connectivity index is 2.30. The van der Waals surface area contributed by atoms with Crippen LogP contribution in [0.1, 0.15) is 38.7 Å². The summed E-state index contributed by atoms with van der Waals surface area (Å²) in [6.45, 7) is 9.53. The summed E-state index contributed by atoms with van der Waals surface area (Å²) in [5, 5.41) is 6.67. The van der Waals surface area contributed by atoms with Crippen LogP contribution in [0.2, 0.25) is 0 Å². The van der Waals surface area contributed by atoms with Crippen molar-refractivity contribution in [2.24, 2.45) is 4.99 Å². The van der Waals surface area contributed by atoms with Crippen molar-refractivity contribution in [2.45, 2.75) is 44.4 Å². The van der Waals surface area contributed by atoms with Crippen molar-refractivity contribution in [3.63, 3.8) is 0 Å². The summed E-state index contributed by atoms with van der Waals surface area (Å²) >= 11 is 0. The molecule has 0 bridgehead atoms. The van der Waals surface area contributed by atoms with Crippen molar-refractivity contribution < 1.29 is 8.42 Å². The molecule has 7 heteroatoms. The lowest BCUT2D eigenvalue weighted by Crippen LogP contribution is -2.39. The Morgan fingerprint density at radius 1 is 1.00 bits per heavy atom. The third-order valence-corrected chi connectivity index (χ3v) is 5.43. The van der Waals surface area contributed by atoms with Crippen LogP contribution in [0.4, 0.5) is 0 Å². The van der Waals surface area contributed by atoms with E-state index in [0.717, 1.165) is 44.0 Å². The molecule has 0 fully saturated rings. The molecule has 0 aliphatic carbocycles. The summed E-state index contributed by atoms with van der Waals surface area (Å²) in [5.74, 6) is 0.806. The van der Waals surface area contributed by atoms with Crippen LogP contribution in [0.3, 0.4) is 0 Å². The monoisotopic (exact) mass is 396 g/mol. The van der Waals surface area contributed by atoms with Gasteiger partial charge < -0.3 is 15.5 Å². The van der Waals surface area contributed by atoms with Crippen LogP contribution in [0.5, 0.6) is 0 Å². The number of benzene rings is 1. The molecule has 154 valence electrons. The molecule has 0 amide bonds. The van der Waals surface area contributed by atoms with E-state index in [4.69, 9.17) is 0 Å². The van der Waals surface area contributed by atoms with Gasteiger partial charge in [0.05, 0.1) is 4.90 Å². The summed E-state index contributed by atoms with van der Waals surface area (Å²) in [7, 11) is -1.36. The van der Waals surface area contributed by atoms with E-state index in [0.29, 0.717) is 4.90 Å². The van der Waals surface area contributed by atoms with Gasteiger partial charge in [-0.05, 0) is 63.0 Å². The average Bonchev–Trinajstić information content (AvgIpc) is 2.63. The van der Waals surface area contributed by atoms with E-state index in [1.807, 2.05) is 12.1 Å². The molecule has 1 aromatic carbocycles. The van der Waals surface area contributed by atoms with E-state index in [-0.39, 0.29) is 0 Å². The Labute approximate surface area is 165 Å². The first-order valence-electron chi connectivity index (χ1n) is 9.86. The number of nitrogens with zero attached hydrogens (tertiary/aromatic N) is 2. The highest BCUT2D eigenvalue weighted by Gasteiger charge is 2.06. The Bertz CT molecular complexity index is 651. The van der Waals surface area contributed by atoms with Gasteiger partial charge >= 0.3 is 0 Å². The standard InChI is InChI=1S/C20H36N4O2S/c1-5-15-24(16-6-2)17-7-13-22-20(21-3)23-14-12-18-8-10-19(11-9-18)27(4,25)26/h8-11H,5-7,12-17H2,1-4H3,(H2,21,22,23). The van der Waals surface area contributed by atoms with Gasteiger partial charge in [-0.3, -0.25) is 4.99 Å². The molecule has 1 aromatic rings. The molecule has 0 aromatic heterocycles. The van der Waals surface area contributed by atoms with E-state index < -0.39 is 9.84 Å². The average molecular weight is 397 g/mol. The van der Waals surface area contributed by atoms with E-state index >= 15 is 0 Å². The maximum Gasteiger partial charge on any atom is 0.190 e. The smallest absolute Gasteiger partial charge is 0.190 e. The molecule has 0 aliphatic heterocycles. The third kappa shape index (κ3) is 9.77. The first-order chi connectivity index (χ1) is 12.9. The van der Waals surface area contributed by atoms with Crippen molar-refractivity contribution in [3.05, 3.63) is 29.8 Å². The Morgan fingerprint density at radius 2 is 1.59 bits per heavy atom. The van der Waals surface area contributed by atoms with Gasteiger partial charge in [0.25, 0.3) is 0 Å². The largest absolute Gasteiger partial charge is 0.356 e. The second-order valence-electron chi connectivity index (χ2n) is 6.79. The molecule has 0 saturated heterocycles. The molecule has 1 rings (SSSR count). The number of aliphatic imine (C=N–C) groups is 1. The van der Waals surface area contributed by atoms with E-state index in [1.165, 1.54) is 32.2 Å². The van der Waals surface area contributed by atoms with Crippen LogP contribution in [0.15, 0.2) is 34.2 Å². The number of hydrogen-bond acceptors (Lipinski definition) is 4. The number of hydrogen-bond donors (Lipinski definition) is 2. The van der Waals surface area contributed by atoms with Gasteiger partial charge in [0.2, 0.25) is 0 Å². The SMILES string of the molecule is CCCN(CCC)CCCNC(=NC)NCCc1ccc(S(C)(=O)=O)cc1. The van der Waals surface area contributed by atoms with Crippen LogP contribution in [0, 0.1) is 0 Å². The van der Waals surface area contributed by atoms with Gasteiger partial charge in [0.1, 0.15) is 0 Å². The molecule has 0 saturated carbocycles. The Hall–Kier alpha value is -1.60. The predicted molar refractivity (Wildman–Crippen MR) is 114 cm³/mol. The third-order valence-electron chi connectivity index (χ3n) is 4.30. The van der Waals surface area contributed by atoms with Gasteiger partial charge in [0, 0.05) is 26.4 Å². The summed E-state index contributed by atoms with van der Waals surface area (Å²) in [6.07, 6.45) is 5.52. The maximum absolute atomic E-state index is 11.5. The zero-order valence-electron chi connectivity index (χ0n) is 17.3. The van der Waals surface area contributed by atoms with Crippen molar-refractivity contribution in [1.82, 2.24) is 15.5 Å².